The molecule has 0 radical (unpaired) electrons. The molecular formula is C30H43FN4O2. The average molecular weight is 511 g/mol. The summed E-state index contributed by atoms with van der Waals surface area (Å²) in [6.07, 6.45) is 5.88. The molecule has 2 saturated heterocycles. The molecule has 1 atom stereocenters. The normalized spacial score (nSPS) is 19.3. The fourth-order valence-electron chi connectivity index (χ4n) is 5.52. The second kappa shape index (κ2) is 13.2. The topological polar surface area (TPSA) is 48.1 Å². The number of amides is 2. The Morgan fingerprint density at radius 2 is 1.70 bits per heavy atom. The van der Waals surface area contributed by atoms with Crippen LogP contribution in [0.1, 0.15) is 57.1 Å². The Bertz CT molecular complexity index is 974. The molecule has 2 aromatic carbocycles. The zero-order valence-corrected chi connectivity index (χ0v) is 22.7. The predicted molar refractivity (Wildman–Crippen MR) is 146 cm³/mol. The summed E-state index contributed by atoms with van der Waals surface area (Å²) in [5.74, 6) is 0.570. The van der Waals surface area contributed by atoms with Crippen LogP contribution in [0, 0.1) is 5.82 Å². The number of likely N-dealkylation sites (tertiary alicyclic amines) is 2. The van der Waals surface area contributed by atoms with Gasteiger partial charge >= 0.3 is 6.03 Å². The van der Waals surface area contributed by atoms with Gasteiger partial charge in [0.1, 0.15) is 11.6 Å². The third-order valence-corrected chi connectivity index (χ3v) is 7.71. The van der Waals surface area contributed by atoms with Crippen LogP contribution in [0.5, 0.6) is 5.75 Å². The summed E-state index contributed by atoms with van der Waals surface area (Å²) in [6.45, 7) is 9.29. The molecular weight excluding hydrogens is 467 g/mol. The second-order valence-corrected chi connectivity index (χ2v) is 10.9. The van der Waals surface area contributed by atoms with Gasteiger partial charge in [-0.25, -0.2) is 9.18 Å². The number of hydrogen-bond acceptors (Lipinski definition) is 4. The van der Waals surface area contributed by atoms with Crippen molar-refractivity contribution in [2.24, 2.45) is 0 Å². The molecule has 2 aromatic rings. The van der Waals surface area contributed by atoms with Gasteiger partial charge in [0.15, 0.2) is 0 Å². The lowest BCUT2D eigenvalue weighted by Crippen LogP contribution is -2.50. The first-order chi connectivity index (χ1) is 17.9. The molecule has 2 amide bonds. The molecule has 6 nitrogen and oxygen atoms in total. The number of hydrogen-bond donors (Lipinski definition) is 1. The zero-order chi connectivity index (χ0) is 26.2. The second-order valence-electron chi connectivity index (χ2n) is 10.9. The van der Waals surface area contributed by atoms with E-state index in [4.69, 9.17) is 4.74 Å². The smallest absolute Gasteiger partial charge is 0.318 e. The van der Waals surface area contributed by atoms with Crippen molar-refractivity contribution in [3.8, 4) is 5.75 Å². The Balaban J connectivity index is 1.34. The van der Waals surface area contributed by atoms with Crippen LogP contribution in [0.2, 0.25) is 0 Å². The van der Waals surface area contributed by atoms with Crippen LogP contribution in [0.15, 0.2) is 48.5 Å². The van der Waals surface area contributed by atoms with Gasteiger partial charge in [0.2, 0.25) is 0 Å². The van der Waals surface area contributed by atoms with E-state index in [-0.39, 0.29) is 24.0 Å². The Kier molecular flexibility index (Phi) is 9.81. The molecule has 2 fully saturated rings. The third kappa shape index (κ3) is 8.17. The number of carbonyl (C=O) groups excluding carboxylic acids is 1. The summed E-state index contributed by atoms with van der Waals surface area (Å²) in [6, 6.07) is 15.1. The fourth-order valence-corrected chi connectivity index (χ4v) is 5.52. The number of nitrogens with zero attached hydrogens (tertiary/aromatic N) is 3. The number of benzene rings is 2. The first-order valence-electron chi connectivity index (χ1n) is 13.8. The van der Waals surface area contributed by atoms with E-state index < -0.39 is 0 Å². The molecule has 2 aliphatic heterocycles. The van der Waals surface area contributed by atoms with Crippen LogP contribution in [0.3, 0.4) is 0 Å². The summed E-state index contributed by atoms with van der Waals surface area (Å²) in [4.78, 5) is 20.4. The molecule has 0 aliphatic carbocycles. The maximum Gasteiger partial charge on any atom is 0.318 e. The number of carbonyl (C=O) groups is 1. The van der Waals surface area contributed by atoms with Crippen molar-refractivity contribution >= 4 is 6.03 Å². The molecule has 0 spiro atoms. The van der Waals surface area contributed by atoms with Crippen LogP contribution in [-0.4, -0.2) is 72.1 Å². The van der Waals surface area contributed by atoms with E-state index in [1.807, 2.05) is 43.0 Å². The minimum absolute atomic E-state index is 0.0714. The largest absolute Gasteiger partial charge is 0.491 e. The summed E-state index contributed by atoms with van der Waals surface area (Å²) in [5, 5.41) is 3.12. The highest BCUT2D eigenvalue weighted by Gasteiger charge is 2.29. The lowest BCUT2D eigenvalue weighted by atomic mass is 10.0. The first-order valence-corrected chi connectivity index (χ1v) is 13.8. The third-order valence-electron chi connectivity index (χ3n) is 7.71. The van der Waals surface area contributed by atoms with E-state index in [0.29, 0.717) is 19.1 Å². The minimum atomic E-state index is -0.258. The summed E-state index contributed by atoms with van der Waals surface area (Å²) >= 11 is 0. The van der Waals surface area contributed by atoms with Crippen molar-refractivity contribution in [3.05, 3.63) is 65.5 Å². The van der Waals surface area contributed by atoms with Crippen molar-refractivity contribution in [2.75, 3.05) is 33.2 Å². The predicted octanol–water partition coefficient (Wildman–Crippen LogP) is 5.27. The van der Waals surface area contributed by atoms with E-state index in [9.17, 15) is 9.18 Å². The molecule has 7 heteroatoms. The van der Waals surface area contributed by atoms with Crippen LogP contribution in [0.4, 0.5) is 9.18 Å². The highest BCUT2D eigenvalue weighted by molar-refractivity contribution is 5.74. The van der Waals surface area contributed by atoms with Gasteiger partial charge in [-0.15, -0.1) is 0 Å². The van der Waals surface area contributed by atoms with Gasteiger partial charge in [-0.2, -0.15) is 0 Å². The molecule has 0 saturated carbocycles. The number of piperidine rings is 1. The molecule has 0 bridgehead atoms. The maximum absolute atomic E-state index is 13.5. The summed E-state index contributed by atoms with van der Waals surface area (Å²) < 4.78 is 19.2. The van der Waals surface area contributed by atoms with Crippen molar-refractivity contribution in [1.29, 1.82) is 0 Å². The monoisotopic (exact) mass is 510 g/mol. The van der Waals surface area contributed by atoms with Gasteiger partial charge in [-0.1, -0.05) is 24.3 Å². The molecule has 202 valence electrons. The Morgan fingerprint density at radius 1 is 1.03 bits per heavy atom. The SMILES string of the molecule is CC(C)Oc1ccc(CNC(=O)N(Cc2ccc(F)cc2)C2CCN(CCC3CCCN3C)CC2)cc1. The van der Waals surface area contributed by atoms with E-state index >= 15 is 0 Å². The average Bonchev–Trinajstić information content (AvgIpc) is 3.31. The highest BCUT2D eigenvalue weighted by atomic mass is 19.1. The molecule has 4 rings (SSSR count). The first kappa shape index (κ1) is 27.4. The van der Waals surface area contributed by atoms with Gasteiger partial charge < -0.3 is 24.8 Å². The van der Waals surface area contributed by atoms with Gasteiger partial charge in [0, 0.05) is 38.3 Å². The van der Waals surface area contributed by atoms with Crippen LogP contribution in [-0.2, 0) is 13.1 Å². The minimum Gasteiger partial charge on any atom is -0.491 e. The molecule has 2 aliphatic rings. The van der Waals surface area contributed by atoms with E-state index in [1.54, 1.807) is 12.1 Å². The quantitative estimate of drug-likeness (QED) is 0.473. The van der Waals surface area contributed by atoms with Crippen molar-refractivity contribution in [2.45, 2.75) is 77.2 Å². The van der Waals surface area contributed by atoms with Gasteiger partial charge in [0.25, 0.3) is 0 Å². The number of urea groups is 1. The number of halogens is 1. The van der Waals surface area contributed by atoms with Gasteiger partial charge in [-0.05, 0) is 101 Å². The zero-order valence-electron chi connectivity index (χ0n) is 22.7. The number of rotatable bonds is 10. The molecule has 37 heavy (non-hydrogen) atoms. The van der Waals surface area contributed by atoms with Crippen molar-refractivity contribution in [3.63, 3.8) is 0 Å². The van der Waals surface area contributed by atoms with Crippen LogP contribution in [0.25, 0.3) is 0 Å². The van der Waals surface area contributed by atoms with Crippen molar-refractivity contribution in [1.82, 2.24) is 20.0 Å². The molecule has 0 aromatic heterocycles. The highest BCUT2D eigenvalue weighted by Crippen LogP contribution is 2.23. The maximum atomic E-state index is 13.5. The fraction of sp³-hybridized carbons (Fsp3) is 0.567. The van der Waals surface area contributed by atoms with Gasteiger partial charge in [-0.3, -0.25) is 0 Å². The Morgan fingerprint density at radius 3 is 2.32 bits per heavy atom. The van der Waals surface area contributed by atoms with E-state index in [0.717, 1.165) is 49.4 Å². The lowest BCUT2D eigenvalue weighted by molar-refractivity contribution is 0.111. The molecule has 1 unspecified atom stereocenters. The van der Waals surface area contributed by atoms with Crippen molar-refractivity contribution < 1.29 is 13.9 Å². The van der Waals surface area contributed by atoms with Crippen LogP contribution < -0.4 is 10.1 Å². The van der Waals surface area contributed by atoms with E-state index in [1.165, 1.54) is 37.9 Å². The number of ether oxygens (including phenoxy) is 1. The lowest BCUT2D eigenvalue weighted by Gasteiger charge is -2.39. The molecule has 1 N–H and O–H groups in total. The van der Waals surface area contributed by atoms with Crippen LogP contribution >= 0.6 is 0 Å². The van der Waals surface area contributed by atoms with Gasteiger partial charge in [0.05, 0.1) is 6.10 Å². The van der Waals surface area contributed by atoms with E-state index in [2.05, 4.69) is 22.2 Å². The Hall–Kier alpha value is -2.64. The standard InChI is InChI=1S/C30H43FN4O2/c1-23(2)37-29-12-8-24(9-13-29)21-32-30(36)35(22-25-6-10-26(31)11-7-25)28-15-19-34(20-16-28)18-14-27-5-4-17-33(27)3/h6-13,23,27-28H,4-5,14-22H2,1-3H3,(H,32,36). The number of nitrogens with one attached hydrogen (secondary N) is 1. The molecule has 2 heterocycles. The summed E-state index contributed by atoms with van der Waals surface area (Å²) in [7, 11) is 2.24. The summed E-state index contributed by atoms with van der Waals surface area (Å²) in [5.41, 5.74) is 1.97. The Labute approximate surface area is 221 Å².